The van der Waals surface area contributed by atoms with Crippen LogP contribution in [0.25, 0.3) is 0 Å². The molecular formula is C18H16F2N2O4. The van der Waals surface area contributed by atoms with Gasteiger partial charge in [0, 0.05) is 12.1 Å². The molecule has 6 nitrogen and oxygen atoms in total. The lowest BCUT2D eigenvalue weighted by Crippen LogP contribution is -2.33. The Morgan fingerprint density at radius 1 is 0.923 bits per heavy atom. The maximum absolute atomic E-state index is 13.0. The van der Waals surface area contributed by atoms with Crippen molar-refractivity contribution in [3.05, 3.63) is 71.3 Å². The molecule has 136 valence electrons. The molecular weight excluding hydrogens is 346 g/mol. The van der Waals surface area contributed by atoms with Crippen molar-refractivity contribution in [3.63, 3.8) is 0 Å². The number of rotatable bonds is 7. The quantitative estimate of drug-likeness (QED) is 0.732. The fourth-order valence-corrected chi connectivity index (χ4v) is 1.94. The number of nitrogens with one attached hydrogen (secondary N) is 2. The van der Waals surface area contributed by atoms with Crippen LogP contribution in [0.15, 0.2) is 48.5 Å². The number of hydrogen-bond acceptors (Lipinski definition) is 4. The second kappa shape index (κ2) is 9.26. The molecule has 8 heteroatoms. The highest BCUT2D eigenvalue weighted by atomic mass is 19.1. The van der Waals surface area contributed by atoms with Crippen molar-refractivity contribution in [1.82, 2.24) is 10.6 Å². The van der Waals surface area contributed by atoms with Crippen molar-refractivity contribution in [1.29, 1.82) is 0 Å². The summed E-state index contributed by atoms with van der Waals surface area (Å²) in [6.45, 7) is -0.816. The molecule has 0 bridgehead atoms. The van der Waals surface area contributed by atoms with E-state index in [4.69, 9.17) is 4.74 Å². The second-order valence-electron chi connectivity index (χ2n) is 5.26. The third-order valence-corrected chi connectivity index (χ3v) is 3.25. The van der Waals surface area contributed by atoms with Gasteiger partial charge in [0.15, 0.2) is 6.61 Å². The monoisotopic (exact) mass is 362 g/mol. The molecule has 0 unspecified atom stereocenters. The number of halogens is 2. The fourth-order valence-electron chi connectivity index (χ4n) is 1.94. The summed E-state index contributed by atoms with van der Waals surface area (Å²) >= 11 is 0. The van der Waals surface area contributed by atoms with Crippen LogP contribution in [0.1, 0.15) is 15.9 Å². The maximum atomic E-state index is 13.0. The number of amides is 2. The second-order valence-corrected chi connectivity index (χ2v) is 5.26. The maximum Gasteiger partial charge on any atom is 0.325 e. The molecule has 0 fully saturated rings. The van der Waals surface area contributed by atoms with E-state index >= 15 is 0 Å². The number of esters is 1. The van der Waals surface area contributed by atoms with Gasteiger partial charge in [-0.05, 0) is 35.9 Å². The lowest BCUT2D eigenvalue weighted by molar-refractivity contribution is -0.147. The minimum Gasteiger partial charge on any atom is -0.454 e. The molecule has 0 aliphatic carbocycles. The largest absolute Gasteiger partial charge is 0.454 e. The Kier molecular flexibility index (Phi) is 6.78. The van der Waals surface area contributed by atoms with Gasteiger partial charge in [-0.15, -0.1) is 0 Å². The first kappa shape index (κ1) is 19.0. The van der Waals surface area contributed by atoms with E-state index in [-0.39, 0.29) is 17.9 Å². The Labute approximate surface area is 148 Å². The topological polar surface area (TPSA) is 84.5 Å². The van der Waals surface area contributed by atoms with Gasteiger partial charge in [-0.2, -0.15) is 0 Å². The zero-order chi connectivity index (χ0) is 18.9. The zero-order valence-electron chi connectivity index (χ0n) is 13.6. The molecule has 2 N–H and O–H groups in total. The van der Waals surface area contributed by atoms with Crippen LogP contribution in [0.2, 0.25) is 0 Å². The predicted octanol–water partition coefficient (Wildman–Crippen LogP) is 1.55. The van der Waals surface area contributed by atoms with Crippen molar-refractivity contribution >= 4 is 17.8 Å². The van der Waals surface area contributed by atoms with Gasteiger partial charge in [0.1, 0.15) is 18.2 Å². The third-order valence-electron chi connectivity index (χ3n) is 3.25. The van der Waals surface area contributed by atoms with Crippen LogP contribution in [-0.4, -0.2) is 30.9 Å². The summed E-state index contributed by atoms with van der Waals surface area (Å²) in [6, 6.07) is 10.6. The smallest absolute Gasteiger partial charge is 0.325 e. The molecule has 0 spiro atoms. The van der Waals surface area contributed by atoms with E-state index in [1.54, 1.807) is 0 Å². The first-order valence-electron chi connectivity index (χ1n) is 7.64. The van der Waals surface area contributed by atoms with Crippen LogP contribution < -0.4 is 10.6 Å². The molecule has 2 rings (SSSR count). The van der Waals surface area contributed by atoms with Crippen LogP contribution in [0.5, 0.6) is 0 Å². The van der Waals surface area contributed by atoms with Crippen molar-refractivity contribution in [2.45, 2.75) is 6.54 Å². The molecule has 2 aromatic rings. The Hall–Kier alpha value is -3.29. The lowest BCUT2D eigenvalue weighted by atomic mass is 10.2. The van der Waals surface area contributed by atoms with Gasteiger partial charge in [0.2, 0.25) is 0 Å². The Bertz CT molecular complexity index is 794. The Balaban J connectivity index is 1.67. The standard InChI is InChI=1S/C18H16F2N2O4/c19-14-6-4-12(5-7-14)9-21-16(23)11-26-17(24)10-22-18(25)13-2-1-3-15(20)8-13/h1-8H,9-11H2,(H,21,23)(H,22,25). The summed E-state index contributed by atoms with van der Waals surface area (Å²) in [6.07, 6.45) is 0. The molecule has 2 amide bonds. The molecule has 0 aliphatic rings. The average Bonchev–Trinajstić information content (AvgIpc) is 2.64. The van der Waals surface area contributed by atoms with E-state index in [2.05, 4.69) is 10.6 Å². The average molecular weight is 362 g/mol. The van der Waals surface area contributed by atoms with Gasteiger partial charge < -0.3 is 15.4 Å². The van der Waals surface area contributed by atoms with Crippen molar-refractivity contribution in [2.24, 2.45) is 0 Å². The highest BCUT2D eigenvalue weighted by Gasteiger charge is 2.11. The summed E-state index contributed by atoms with van der Waals surface area (Å²) < 4.78 is 30.5. The first-order valence-corrected chi connectivity index (χ1v) is 7.64. The molecule has 0 atom stereocenters. The van der Waals surface area contributed by atoms with Crippen LogP contribution in [-0.2, 0) is 20.9 Å². The Morgan fingerprint density at radius 3 is 2.35 bits per heavy atom. The molecule has 26 heavy (non-hydrogen) atoms. The van der Waals surface area contributed by atoms with Gasteiger partial charge in [0.25, 0.3) is 11.8 Å². The fraction of sp³-hybridized carbons (Fsp3) is 0.167. The van der Waals surface area contributed by atoms with Crippen molar-refractivity contribution < 1.29 is 27.9 Å². The molecule has 2 aromatic carbocycles. The third kappa shape index (κ3) is 6.31. The number of benzene rings is 2. The molecule has 0 radical (unpaired) electrons. The van der Waals surface area contributed by atoms with E-state index in [9.17, 15) is 23.2 Å². The highest BCUT2D eigenvalue weighted by Crippen LogP contribution is 2.03. The van der Waals surface area contributed by atoms with Crippen LogP contribution >= 0.6 is 0 Å². The van der Waals surface area contributed by atoms with Crippen LogP contribution in [0, 0.1) is 11.6 Å². The van der Waals surface area contributed by atoms with Gasteiger partial charge in [0.05, 0.1) is 0 Å². The lowest BCUT2D eigenvalue weighted by Gasteiger charge is -2.08. The Morgan fingerprint density at radius 2 is 1.65 bits per heavy atom. The summed E-state index contributed by atoms with van der Waals surface area (Å²) in [4.78, 5) is 34.9. The summed E-state index contributed by atoms with van der Waals surface area (Å²) in [5.41, 5.74) is 0.753. The van der Waals surface area contributed by atoms with Crippen LogP contribution in [0.3, 0.4) is 0 Å². The van der Waals surface area contributed by atoms with Crippen molar-refractivity contribution in [3.8, 4) is 0 Å². The normalized spacial score (nSPS) is 10.1. The summed E-state index contributed by atoms with van der Waals surface area (Å²) in [7, 11) is 0. The van der Waals surface area contributed by atoms with E-state index < -0.39 is 36.8 Å². The minimum absolute atomic E-state index is 0.0647. The van der Waals surface area contributed by atoms with Gasteiger partial charge in [-0.3, -0.25) is 14.4 Å². The predicted molar refractivity (Wildman–Crippen MR) is 87.9 cm³/mol. The number of carbonyl (C=O) groups excluding carboxylic acids is 3. The van der Waals surface area contributed by atoms with E-state index in [1.807, 2.05) is 0 Å². The van der Waals surface area contributed by atoms with E-state index in [1.165, 1.54) is 42.5 Å². The van der Waals surface area contributed by atoms with Gasteiger partial charge in [-0.25, -0.2) is 8.78 Å². The molecule has 0 aliphatic heterocycles. The number of hydrogen-bond donors (Lipinski definition) is 2. The highest BCUT2D eigenvalue weighted by molar-refractivity contribution is 5.96. The van der Waals surface area contributed by atoms with E-state index in [0.29, 0.717) is 5.56 Å². The molecule has 0 aromatic heterocycles. The van der Waals surface area contributed by atoms with E-state index in [0.717, 1.165) is 6.07 Å². The zero-order valence-corrected chi connectivity index (χ0v) is 13.6. The summed E-state index contributed by atoms with van der Waals surface area (Å²) in [5.74, 6) is -2.94. The molecule has 0 saturated carbocycles. The minimum atomic E-state index is -0.813. The van der Waals surface area contributed by atoms with Crippen LogP contribution in [0.4, 0.5) is 8.78 Å². The number of ether oxygens (including phenoxy) is 1. The first-order chi connectivity index (χ1) is 12.4. The van der Waals surface area contributed by atoms with Gasteiger partial charge >= 0.3 is 5.97 Å². The SMILES string of the molecule is O=C(COC(=O)CNC(=O)c1cccc(F)c1)NCc1ccc(F)cc1. The van der Waals surface area contributed by atoms with Crippen molar-refractivity contribution in [2.75, 3.05) is 13.2 Å². The number of carbonyl (C=O) groups is 3. The molecule has 0 saturated heterocycles. The molecule has 0 heterocycles. The summed E-state index contributed by atoms with van der Waals surface area (Å²) in [5, 5.41) is 4.77. The van der Waals surface area contributed by atoms with Gasteiger partial charge in [-0.1, -0.05) is 18.2 Å².